The summed E-state index contributed by atoms with van der Waals surface area (Å²) in [5.41, 5.74) is 0. The monoisotopic (exact) mass is 440 g/mol. The summed E-state index contributed by atoms with van der Waals surface area (Å²) in [7, 11) is 3.94. The van der Waals surface area contributed by atoms with E-state index in [0.717, 1.165) is 45.0 Å². The van der Waals surface area contributed by atoms with Crippen molar-refractivity contribution in [3.05, 3.63) is 0 Å². The lowest BCUT2D eigenvalue weighted by Gasteiger charge is -2.33. The first-order valence-electron chi connectivity index (χ1n) is 8.32. The SMILES string of the molecule is CCOC(=O)C1CCN(C(=NC)NCCN(C)C(C)C)CC1.I. The smallest absolute Gasteiger partial charge is 0.309 e. The predicted octanol–water partition coefficient (Wildman–Crippen LogP) is 1.80. The highest BCUT2D eigenvalue weighted by Gasteiger charge is 2.27. The van der Waals surface area contributed by atoms with E-state index in [9.17, 15) is 4.79 Å². The average molecular weight is 440 g/mol. The molecule has 0 atom stereocenters. The van der Waals surface area contributed by atoms with Gasteiger partial charge in [0.1, 0.15) is 0 Å². The molecular weight excluding hydrogens is 407 g/mol. The second kappa shape index (κ2) is 11.9. The number of nitrogens with zero attached hydrogens (tertiary/aromatic N) is 3. The van der Waals surface area contributed by atoms with Crippen molar-refractivity contribution < 1.29 is 9.53 Å². The number of carbonyl (C=O) groups is 1. The van der Waals surface area contributed by atoms with E-state index in [1.165, 1.54) is 0 Å². The quantitative estimate of drug-likeness (QED) is 0.296. The molecule has 1 rings (SSSR count). The highest BCUT2D eigenvalue weighted by atomic mass is 127. The summed E-state index contributed by atoms with van der Waals surface area (Å²) in [6.07, 6.45) is 1.68. The zero-order chi connectivity index (χ0) is 16.5. The number of rotatable bonds is 6. The number of nitrogens with one attached hydrogen (secondary N) is 1. The van der Waals surface area contributed by atoms with E-state index >= 15 is 0 Å². The number of hydrogen-bond acceptors (Lipinski definition) is 4. The Morgan fingerprint density at radius 3 is 2.48 bits per heavy atom. The topological polar surface area (TPSA) is 57.2 Å². The molecule has 136 valence electrons. The van der Waals surface area contributed by atoms with Gasteiger partial charge in [0.2, 0.25) is 0 Å². The third kappa shape index (κ3) is 7.69. The van der Waals surface area contributed by atoms with Crippen LogP contribution in [-0.2, 0) is 9.53 Å². The molecule has 1 saturated heterocycles. The molecule has 1 fully saturated rings. The van der Waals surface area contributed by atoms with Crippen LogP contribution in [0.2, 0.25) is 0 Å². The lowest BCUT2D eigenvalue weighted by Crippen LogP contribution is -2.48. The Labute approximate surface area is 158 Å². The Hall–Kier alpha value is -0.570. The van der Waals surface area contributed by atoms with Crippen LogP contribution in [0.5, 0.6) is 0 Å². The Morgan fingerprint density at radius 2 is 2.00 bits per heavy atom. The van der Waals surface area contributed by atoms with Gasteiger partial charge < -0.3 is 19.9 Å². The Bertz CT molecular complexity index is 369. The van der Waals surface area contributed by atoms with Crippen molar-refractivity contribution in [1.82, 2.24) is 15.1 Å². The average Bonchev–Trinajstić information content (AvgIpc) is 2.51. The molecule has 0 spiro atoms. The number of hydrogen-bond donors (Lipinski definition) is 1. The maximum atomic E-state index is 11.8. The van der Waals surface area contributed by atoms with Crippen LogP contribution in [0.25, 0.3) is 0 Å². The second-order valence-corrected chi connectivity index (χ2v) is 6.06. The van der Waals surface area contributed by atoms with Crippen LogP contribution in [0.3, 0.4) is 0 Å². The summed E-state index contributed by atoms with van der Waals surface area (Å²) in [4.78, 5) is 20.6. The molecule has 0 aromatic carbocycles. The van der Waals surface area contributed by atoms with Gasteiger partial charge in [-0.3, -0.25) is 9.79 Å². The Balaban J connectivity index is 0.00000484. The maximum absolute atomic E-state index is 11.8. The van der Waals surface area contributed by atoms with E-state index < -0.39 is 0 Å². The molecule has 0 unspecified atom stereocenters. The van der Waals surface area contributed by atoms with E-state index in [-0.39, 0.29) is 35.9 Å². The fourth-order valence-electron chi connectivity index (χ4n) is 2.52. The predicted molar refractivity (Wildman–Crippen MR) is 105 cm³/mol. The molecule has 0 aromatic heterocycles. The maximum Gasteiger partial charge on any atom is 0.309 e. The molecule has 0 aromatic rings. The Morgan fingerprint density at radius 1 is 1.39 bits per heavy atom. The van der Waals surface area contributed by atoms with Gasteiger partial charge in [-0.15, -0.1) is 24.0 Å². The molecule has 7 heteroatoms. The zero-order valence-corrected chi connectivity index (χ0v) is 17.5. The molecule has 0 aliphatic carbocycles. The van der Waals surface area contributed by atoms with Crippen molar-refractivity contribution in [3.63, 3.8) is 0 Å². The van der Waals surface area contributed by atoms with Gasteiger partial charge in [-0.2, -0.15) is 0 Å². The first-order chi connectivity index (χ1) is 10.5. The van der Waals surface area contributed by atoms with Crippen LogP contribution in [0.1, 0.15) is 33.6 Å². The van der Waals surface area contributed by atoms with E-state index in [2.05, 4.69) is 41.0 Å². The number of carbonyl (C=O) groups excluding carboxylic acids is 1. The summed E-state index contributed by atoms with van der Waals surface area (Å²) in [6, 6.07) is 0.545. The lowest BCUT2D eigenvalue weighted by molar-refractivity contribution is -0.149. The second-order valence-electron chi connectivity index (χ2n) is 6.06. The minimum absolute atomic E-state index is 0. The number of likely N-dealkylation sites (tertiary alicyclic amines) is 1. The van der Waals surface area contributed by atoms with Crippen LogP contribution in [-0.4, -0.2) is 74.7 Å². The van der Waals surface area contributed by atoms with Crippen LogP contribution < -0.4 is 5.32 Å². The van der Waals surface area contributed by atoms with E-state index in [0.29, 0.717) is 12.6 Å². The van der Waals surface area contributed by atoms with Gasteiger partial charge in [0.25, 0.3) is 0 Å². The van der Waals surface area contributed by atoms with Crippen molar-refractivity contribution in [2.45, 2.75) is 39.7 Å². The van der Waals surface area contributed by atoms with Gasteiger partial charge in [-0.1, -0.05) is 0 Å². The molecule has 0 amide bonds. The molecule has 23 heavy (non-hydrogen) atoms. The summed E-state index contributed by atoms with van der Waals surface area (Å²) < 4.78 is 5.11. The summed E-state index contributed by atoms with van der Waals surface area (Å²) in [5, 5.41) is 3.41. The number of aliphatic imine (C=N–C) groups is 1. The van der Waals surface area contributed by atoms with Crippen LogP contribution in [0, 0.1) is 5.92 Å². The molecule has 1 aliphatic heterocycles. The Kier molecular flexibility index (Phi) is 11.6. The fraction of sp³-hybridized carbons (Fsp3) is 0.875. The van der Waals surface area contributed by atoms with Gasteiger partial charge in [-0.25, -0.2) is 0 Å². The summed E-state index contributed by atoms with van der Waals surface area (Å²) in [6.45, 7) is 10.3. The van der Waals surface area contributed by atoms with Gasteiger partial charge in [0.05, 0.1) is 12.5 Å². The van der Waals surface area contributed by atoms with E-state index in [1.54, 1.807) is 0 Å². The summed E-state index contributed by atoms with van der Waals surface area (Å²) in [5.74, 6) is 0.921. The lowest BCUT2D eigenvalue weighted by atomic mass is 9.97. The molecule has 0 radical (unpaired) electrons. The van der Waals surface area contributed by atoms with Gasteiger partial charge in [-0.05, 0) is 40.7 Å². The van der Waals surface area contributed by atoms with Gasteiger partial charge in [0.15, 0.2) is 5.96 Å². The van der Waals surface area contributed by atoms with Crippen molar-refractivity contribution in [2.24, 2.45) is 10.9 Å². The zero-order valence-electron chi connectivity index (χ0n) is 15.2. The molecule has 1 aliphatic rings. The van der Waals surface area contributed by atoms with Crippen molar-refractivity contribution in [2.75, 3.05) is 46.9 Å². The first kappa shape index (κ1) is 22.4. The van der Waals surface area contributed by atoms with Crippen molar-refractivity contribution >= 4 is 35.9 Å². The van der Waals surface area contributed by atoms with E-state index in [1.807, 2.05) is 14.0 Å². The van der Waals surface area contributed by atoms with Crippen LogP contribution in [0.15, 0.2) is 4.99 Å². The number of piperidine rings is 1. The number of guanidine groups is 1. The van der Waals surface area contributed by atoms with Crippen LogP contribution >= 0.6 is 24.0 Å². The molecule has 6 nitrogen and oxygen atoms in total. The highest BCUT2D eigenvalue weighted by Crippen LogP contribution is 2.18. The molecule has 1 N–H and O–H groups in total. The molecule has 0 saturated carbocycles. The number of halogens is 1. The van der Waals surface area contributed by atoms with Gasteiger partial charge >= 0.3 is 5.97 Å². The third-order valence-electron chi connectivity index (χ3n) is 4.26. The minimum atomic E-state index is -0.0522. The van der Waals surface area contributed by atoms with E-state index in [4.69, 9.17) is 4.74 Å². The molecule has 0 bridgehead atoms. The normalized spacial score (nSPS) is 16.5. The highest BCUT2D eigenvalue weighted by molar-refractivity contribution is 14.0. The standard InChI is InChI=1S/C16H32N4O2.HI/c1-6-22-15(21)14-7-10-20(11-8-14)16(17-4)18-9-12-19(5)13(2)3;/h13-14H,6-12H2,1-5H3,(H,17,18);1H. The molecular formula is C16H33IN4O2. The van der Waals surface area contributed by atoms with Gasteiger partial charge in [0, 0.05) is 39.3 Å². The number of ether oxygens (including phenoxy) is 1. The number of likely N-dealkylation sites (N-methyl/N-ethyl adjacent to an activating group) is 1. The minimum Gasteiger partial charge on any atom is -0.466 e. The number of esters is 1. The fourth-order valence-corrected chi connectivity index (χ4v) is 2.52. The van der Waals surface area contributed by atoms with Crippen LogP contribution in [0.4, 0.5) is 0 Å². The first-order valence-corrected chi connectivity index (χ1v) is 8.32. The third-order valence-corrected chi connectivity index (χ3v) is 4.26. The molecule has 1 heterocycles. The largest absolute Gasteiger partial charge is 0.466 e. The summed E-state index contributed by atoms with van der Waals surface area (Å²) >= 11 is 0. The van der Waals surface area contributed by atoms with Crippen molar-refractivity contribution in [3.8, 4) is 0 Å². The van der Waals surface area contributed by atoms with Crippen molar-refractivity contribution in [1.29, 1.82) is 0 Å².